The van der Waals surface area contributed by atoms with E-state index in [4.69, 9.17) is 11.6 Å². The van der Waals surface area contributed by atoms with E-state index in [0.717, 1.165) is 36.8 Å². The minimum atomic E-state index is -3.05. The first-order chi connectivity index (χ1) is 13.8. The molecular formula is C20H21ClFN3O3S. The van der Waals surface area contributed by atoms with Gasteiger partial charge in [0, 0.05) is 25.0 Å². The van der Waals surface area contributed by atoms with Gasteiger partial charge in [-0.05, 0) is 55.0 Å². The maximum Gasteiger partial charge on any atom is 0.255 e. The Labute approximate surface area is 174 Å². The summed E-state index contributed by atoms with van der Waals surface area (Å²) in [4.78, 5) is 19.1. The van der Waals surface area contributed by atoms with Crippen LogP contribution in [0.15, 0.2) is 24.4 Å². The Morgan fingerprint density at radius 2 is 1.83 bits per heavy atom. The molecule has 1 aromatic carbocycles. The molecule has 154 valence electrons. The van der Waals surface area contributed by atoms with Crippen molar-refractivity contribution in [2.24, 2.45) is 0 Å². The maximum absolute atomic E-state index is 13.4. The van der Waals surface area contributed by atoms with Gasteiger partial charge < -0.3 is 10.2 Å². The second kappa shape index (κ2) is 7.91. The lowest BCUT2D eigenvalue weighted by Crippen LogP contribution is -2.44. The number of rotatable bonds is 3. The number of carbonyl (C=O) groups excluding carboxylic acids is 1. The number of aromatic nitrogens is 1. The molecule has 4 rings (SSSR count). The molecule has 0 atom stereocenters. The lowest BCUT2D eigenvalue weighted by atomic mass is 9.88. The molecule has 2 aliphatic rings. The fourth-order valence-corrected chi connectivity index (χ4v) is 5.22. The van der Waals surface area contributed by atoms with Crippen LogP contribution in [0, 0.1) is 5.82 Å². The van der Waals surface area contributed by atoms with Gasteiger partial charge in [-0.1, -0.05) is 11.6 Å². The van der Waals surface area contributed by atoms with Gasteiger partial charge in [0.25, 0.3) is 5.91 Å². The number of pyridine rings is 1. The van der Waals surface area contributed by atoms with Crippen LogP contribution in [0.2, 0.25) is 5.02 Å². The molecule has 0 radical (unpaired) electrons. The highest BCUT2D eigenvalue weighted by Gasteiger charge is 2.29. The lowest BCUT2D eigenvalue weighted by molar-refractivity contribution is 0.0768. The highest BCUT2D eigenvalue weighted by molar-refractivity contribution is 7.91. The van der Waals surface area contributed by atoms with Crippen LogP contribution >= 0.6 is 11.6 Å². The third-order valence-electron chi connectivity index (χ3n) is 5.45. The van der Waals surface area contributed by atoms with Gasteiger partial charge in [-0.2, -0.15) is 0 Å². The standard InChI is InChI=1S/C20H21ClFN3O3S/c21-17-11-13(5-6-18(17)22)24-19-15-4-2-1-3-14(15)16(12-23-19)20(26)25-7-9-29(27,28)10-8-25/h5-6,11-12H,1-4,7-10H2,(H,23,24). The molecule has 1 N–H and O–H groups in total. The van der Waals surface area contributed by atoms with Crippen LogP contribution in [-0.4, -0.2) is 48.8 Å². The first-order valence-corrected chi connectivity index (χ1v) is 11.8. The molecule has 1 aliphatic heterocycles. The van der Waals surface area contributed by atoms with Crippen LogP contribution in [0.4, 0.5) is 15.9 Å². The van der Waals surface area contributed by atoms with Crippen molar-refractivity contribution in [3.63, 3.8) is 0 Å². The van der Waals surface area contributed by atoms with E-state index in [1.807, 2.05) is 0 Å². The van der Waals surface area contributed by atoms with Gasteiger partial charge in [-0.3, -0.25) is 4.79 Å². The van der Waals surface area contributed by atoms with Crippen LogP contribution in [-0.2, 0) is 22.7 Å². The number of benzene rings is 1. The van der Waals surface area contributed by atoms with Crippen molar-refractivity contribution in [3.05, 3.63) is 51.9 Å². The summed E-state index contributed by atoms with van der Waals surface area (Å²) in [7, 11) is -3.05. The summed E-state index contributed by atoms with van der Waals surface area (Å²) in [5, 5.41) is 3.21. The summed E-state index contributed by atoms with van der Waals surface area (Å²) >= 11 is 5.87. The van der Waals surface area contributed by atoms with Gasteiger partial charge in [0.1, 0.15) is 11.6 Å². The molecule has 1 saturated heterocycles. The number of carbonyl (C=O) groups is 1. The van der Waals surface area contributed by atoms with E-state index in [-0.39, 0.29) is 35.5 Å². The van der Waals surface area contributed by atoms with Crippen molar-refractivity contribution in [1.29, 1.82) is 0 Å². The molecular weight excluding hydrogens is 417 g/mol. The predicted octanol–water partition coefficient (Wildman–Crippen LogP) is 3.37. The van der Waals surface area contributed by atoms with Crippen molar-refractivity contribution in [2.75, 3.05) is 29.9 Å². The number of hydrogen-bond acceptors (Lipinski definition) is 5. The number of fused-ring (bicyclic) bond motifs is 1. The van der Waals surface area contributed by atoms with E-state index in [0.29, 0.717) is 17.1 Å². The summed E-state index contributed by atoms with van der Waals surface area (Å²) in [5.74, 6) is -0.0164. The molecule has 1 aliphatic carbocycles. The molecule has 0 spiro atoms. The molecule has 0 unspecified atom stereocenters. The largest absolute Gasteiger partial charge is 0.340 e. The highest BCUT2D eigenvalue weighted by Crippen LogP contribution is 2.32. The van der Waals surface area contributed by atoms with E-state index >= 15 is 0 Å². The van der Waals surface area contributed by atoms with Crippen molar-refractivity contribution in [3.8, 4) is 0 Å². The van der Waals surface area contributed by atoms with Crippen LogP contribution in [0.1, 0.15) is 34.3 Å². The zero-order valence-electron chi connectivity index (χ0n) is 15.7. The Bertz CT molecular complexity index is 1060. The zero-order chi connectivity index (χ0) is 20.6. The highest BCUT2D eigenvalue weighted by atomic mass is 35.5. The van der Waals surface area contributed by atoms with Gasteiger partial charge in [0.15, 0.2) is 9.84 Å². The summed E-state index contributed by atoms with van der Waals surface area (Å²) < 4.78 is 36.7. The molecule has 29 heavy (non-hydrogen) atoms. The fourth-order valence-electron chi connectivity index (χ4n) is 3.84. The predicted molar refractivity (Wildman–Crippen MR) is 110 cm³/mol. The summed E-state index contributed by atoms with van der Waals surface area (Å²) in [6.45, 7) is 0.425. The molecule has 9 heteroatoms. The third kappa shape index (κ3) is 4.23. The molecule has 0 bridgehead atoms. The number of amides is 1. The van der Waals surface area contributed by atoms with Crippen LogP contribution in [0.3, 0.4) is 0 Å². The van der Waals surface area contributed by atoms with Crippen molar-refractivity contribution < 1.29 is 17.6 Å². The first kappa shape index (κ1) is 20.1. The van der Waals surface area contributed by atoms with Gasteiger partial charge in [0.05, 0.1) is 22.1 Å². The number of sulfone groups is 1. The molecule has 1 amide bonds. The second-order valence-corrected chi connectivity index (χ2v) is 10.1. The molecule has 2 heterocycles. The third-order valence-corrected chi connectivity index (χ3v) is 7.34. The fraction of sp³-hybridized carbons (Fsp3) is 0.400. The number of nitrogens with zero attached hydrogens (tertiary/aromatic N) is 2. The van der Waals surface area contributed by atoms with Gasteiger partial charge in [-0.15, -0.1) is 0 Å². The maximum atomic E-state index is 13.4. The average molecular weight is 438 g/mol. The van der Waals surface area contributed by atoms with Gasteiger partial charge in [-0.25, -0.2) is 17.8 Å². The first-order valence-electron chi connectivity index (χ1n) is 9.56. The summed E-state index contributed by atoms with van der Waals surface area (Å²) in [6, 6.07) is 4.38. The Kier molecular flexibility index (Phi) is 5.48. The Hall–Kier alpha value is -2.19. The quantitative estimate of drug-likeness (QED) is 0.796. The van der Waals surface area contributed by atoms with Gasteiger partial charge in [0.2, 0.25) is 0 Å². The van der Waals surface area contributed by atoms with E-state index in [2.05, 4.69) is 10.3 Å². The van der Waals surface area contributed by atoms with Crippen molar-refractivity contribution >= 4 is 38.9 Å². The van der Waals surface area contributed by atoms with E-state index < -0.39 is 15.7 Å². The Morgan fingerprint density at radius 3 is 2.52 bits per heavy atom. The second-order valence-electron chi connectivity index (χ2n) is 7.38. The monoisotopic (exact) mass is 437 g/mol. The van der Waals surface area contributed by atoms with Crippen LogP contribution in [0.5, 0.6) is 0 Å². The minimum Gasteiger partial charge on any atom is -0.340 e. The lowest BCUT2D eigenvalue weighted by Gasteiger charge is -2.29. The normalized spacial score (nSPS) is 18.2. The Balaban J connectivity index is 1.63. The molecule has 6 nitrogen and oxygen atoms in total. The number of halogens is 2. The molecule has 0 saturated carbocycles. The topological polar surface area (TPSA) is 79.4 Å². The van der Waals surface area contributed by atoms with Gasteiger partial charge >= 0.3 is 0 Å². The molecule has 1 fully saturated rings. The van der Waals surface area contributed by atoms with Crippen LogP contribution in [0.25, 0.3) is 0 Å². The van der Waals surface area contributed by atoms with E-state index in [1.165, 1.54) is 12.1 Å². The Morgan fingerprint density at radius 1 is 1.14 bits per heavy atom. The van der Waals surface area contributed by atoms with E-state index in [9.17, 15) is 17.6 Å². The zero-order valence-corrected chi connectivity index (χ0v) is 17.3. The van der Waals surface area contributed by atoms with E-state index in [1.54, 1.807) is 17.2 Å². The number of nitrogens with one attached hydrogen (secondary N) is 1. The number of anilines is 2. The average Bonchev–Trinajstić information content (AvgIpc) is 2.70. The van der Waals surface area contributed by atoms with Crippen LogP contribution < -0.4 is 5.32 Å². The molecule has 1 aromatic heterocycles. The minimum absolute atomic E-state index is 0.000670. The van der Waals surface area contributed by atoms with Crippen molar-refractivity contribution in [2.45, 2.75) is 25.7 Å². The smallest absolute Gasteiger partial charge is 0.255 e. The molecule has 2 aromatic rings. The number of hydrogen-bond donors (Lipinski definition) is 1. The SMILES string of the molecule is O=C(c1cnc(Nc2ccc(F)c(Cl)c2)c2c1CCCC2)N1CCS(=O)(=O)CC1. The summed E-state index contributed by atoms with van der Waals surface area (Å²) in [5.41, 5.74) is 3.10. The van der Waals surface area contributed by atoms with Crippen molar-refractivity contribution in [1.82, 2.24) is 9.88 Å². The summed E-state index contributed by atoms with van der Waals surface area (Å²) in [6.07, 6.45) is 5.09.